The number of likely N-dealkylation sites (tertiary alicyclic amines) is 1. The number of methoxy groups -OCH3 is 2. The van der Waals surface area contributed by atoms with E-state index in [1.54, 1.807) is 30.8 Å². The van der Waals surface area contributed by atoms with Gasteiger partial charge in [-0.25, -0.2) is 4.98 Å². The van der Waals surface area contributed by atoms with Gasteiger partial charge < -0.3 is 15.2 Å². The van der Waals surface area contributed by atoms with Crippen LogP contribution in [0.3, 0.4) is 0 Å². The van der Waals surface area contributed by atoms with E-state index < -0.39 is 17.6 Å². The van der Waals surface area contributed by atoms with Gasteiger partial charge in [0.25, 0.3) is 0 Å². The number of hydrogen-bond donors (Lipinski definition) is 1. The van der Waals surface area contributed by atoms with E-state index in [1.807, 2.05) is 31.2 Å². The van der Waals surface area contributed by atoms with E-state index in [0.717, 1.165) is 16.5 Å². The fraction of sp³-hybridized carbons (Fsp3) is 0.444. The summed E-state index contributed by atoms with van der Waals surface area (Å²) in [6, 6.07) is 10.6. The van der Waals surface area contributed by atoms with Gasteiger partial charge in [-0.1, -0.05) is 37.3 Å². The van der Waals surface area contributed by atoms with Crippen molar-refractivity contribution >= 4 is 16.6 Å². The van der Waals surface area contributed by atoms with Gasteiger partial charge in [0.15, 0.2) is 11.5 Å². The second-order valence-corrected chi connectivity index (χ2v) is 10.2. The second-order valence-electron chi connectivity index (χ2n) is 10.2. The predicted molar refractivity (Wildman–Crippen MR) is 138 cm³/mol. The molecule has 1 aromatic carbocycles. The van der Waals surface area contributed by atoms with Crippen molar-refractivity contribution in [3.63, 3.8) is 0 Å². The van der Waals surface area contributed by atoms with Gasteiger partial charge in [0.05, 0.1) is 18.7 Å². The summed E-state index contributed by atoms with van der Waals surface area (Å²) in [4.78, 5) is 6.32. The number of para-hydroxylation sites is 1. The number of pyridine rings is 2. The van der Waals surface area contributed by atoms with Crippen LogP contribution in [0.1, 0.15) is 30.5 Å². The molecule has 2 N–H and O–H groups in total. The van der Waals surface area contributed by atoms with Crippen LogP contribution in [0.15, 0.2) is 48.7 Å². The monoisotopic (exact) mass is 528 g/mol. The molecule has 0 radical (unpaired) electrons. The number of fused-ring (bicyclic) bond motifs is 2. The number of nitrogens with zero attached hydrogens (tertiary/aromatic N) is 5. The fourth-order valence-corrected chi connectivity index (χ4v) is 5.49. The molecule has 1 aliphatic rings. The number of rotatable bonds is 8. The van der Waals surface area contributed by atoms with Crippen molar-refractivity contribution in [3.05, 3.63) is 59.8 Å². The third kappa shape index (κ3) is 4.86. The lowest BCUT2D eigenvalue weighted by Gasteiger charge is -2.30. The maximum atomic E-state index is 14.2. The van der Waals surface area contributed by atoms with Gasteiger partial charge >= 0.3 is 6.18 Å². The molecular weight excluding hydrogens is 497 g/mol. The molecule has 0 amide bonds. The Morgan fingerprint density at radius 1 is 1.05 bits per heavy atom. The first-order valence-corrected chi connectivity index (χ1v) is 12.4. The number of alkyl halides is 3. The van der Waals surface area contributed by atoms with Crippen LogP contribution >= 0.6 is 0 Å². The summed E-state index contributed by atoms with van der Waals surface area (Å²) in [6.07, 6.45) is -2.47. The standard InChI is InChI=1S/C27H31F3N6O2/c1-26(15-37-2,16-38-3)20-6-4-5-17-7-9-21(32-23(17)20)25-34-33-22-10-8-18(13-36(22)25)24(27(28,29)30)35-12-11-19(31)14-35/h4-10,13,19,24H,11-12,14-16,31H2,1-3H3/t19?,24-/m1/s1. The van der Waals surface area contributed by atoms with Crippen molar-refractivity contribution in [2.45, 2.75) is 37.0 Å². The first-order valence-electron chi connectivity index (χ1n) is 12.4. The molecule has 4 heterocycles. The number of nitrogens with two attached hydrogens (primary N) is 1. The van der Waals surface area contributed by atoms with Crippen molar-refractivity contribution in [3.8, 4) is 11.5 Å². The number of ether oxygens (including phenoxy) is 2. The minimum Gasteiger partial charge on any atom is -0.384 e. The van der Waals surface area contributed by atoms with E-state index in [0.29, 0.717) is 36.8 Å². The van der Waals surface area contributed by atoms with E-state index in [-0.39, 0.29) is 24.7 Å². The Morgan fingerprint density at radius 3 is 2.47 bits per heavy atom. The minimum absolute atomic E-state index is 0.106. The van der Waals surface area contributed by atoms with Crippen LogP contribution in [0.4, 0.5) is 13.2 Å². The Balaban J connectivity index is 1.62. The van der Waals surface area contributed by atoms with Gasteiger partial charge in [0.2, 0.25) is 0 Å². The highest BCUT2D eigenvalue weighted by Gasteiger charge is 2.46. The average molecular weight is 529 g/mol. The van der Waals surface area contributed by atoms with Crippen LogP contribution in [0.2, 0.25) is 0 Å². The molecule has 8 nitrogen and oxygen atoms in total. The molecule has 1 aliphatic heterocycles. The molecule has 1 saturated heterocycles. The molecule has 0 bridgehead atoms. The normalized spacial score (nSPS) is 18.0. The zero-order valence-electron chi connectivity index (χ0n) is 21.6. The highest BCUT2D eigenvalue weighted by atomic mass is 19.4. The van der Waals surface area contributed by atoms with Crippen molar-refractivity contribution in [2.75, 3.05) is 40.5 Å². The lowest BCUT2D eigenvalue weighted by atomic mass is 9.82. The summed E-state index contributed by atoms with van der Waals surface area (Å²) in [6.45, 7) is 3.36. The van der Waals surface area contributed by atoms with E-state index in [4.69, 9.17) is 20.2 Å². The van der Waals surface area contributed by atoms with E-state index in [2.05, 4.69) is 10.2 Å². The fourth-order valence-electron chi connectivity index (χ4n) is 5.49. The highest BCUT2D eigenvalue weighted by molar-refractivity contribution is 5.85. The quantitative estimate of drug-likeness (QED) is 0.368. The van der Waals surface area contributed by atoms with Gasteiger partial charge in [0.1, 0.15) is 11.7 Å². The summed E-state index contributed by atoms with van der Waals surface area (Å²) in [5.41, 5.74) is 8.18. The van der Waals surface area contributed by atoms with Gasteiger partial charge in [-0.05, 0) is 29.7 Å². The Morgan fingerprint density at radius 2 is 1.82 bits per heavy atom. The van der Waals surface area contributed by atoms with Crippen LogP contribution in [0, 0.1) is 0 Å². The van der Waals surface area contributed by atoms with Crippen LogP contribution in [-0.4, -0.2) is 77.2 Å². The molecule has 1 fully saturated rings. The smallest absolute Gasteiger partial charge is 0.384 e. The number of hydrogen-bond acceptors (Lipinski definition) is 7. The number of aromatic nitrogens is 4. The van der Waals surface area contributed by atoms with Crippen molar-refractivity contribution in [1.82, 2.24) is 24.5 Å². The zero-order chi connectivity index (χ0) is 27.1. The Kier molecular flexibility index (Phi) is 7.12. The minimum atomic E-state index is -4.46. The summed E-state index contributed by atoms with van der Waals surface area (Å²) in [7, 11) is 3.28. The van der Waals surface area contributed by atoms with Gasteiger partial charge in [-0.2, -0.15) is 13.2 Å². The first kappa shape index (κ1) is 26.5. The van der Waals surface area contributed by atoms with Crippen LogP contribution in [-0.2, 0) is 14.9 Å². The average Bonchev–Trinajstić information content (AvgIpc) is 3.48. The maximum Gasteiger partial charge on any atom is 0.408 e. The molecule has 0 spiro atoms. The van der Waals surface area contributed by atoms with E-state index in [1.165, 1.54) is 17.2 Å². The van der Waals surface area contributed by atoms with Crippen LogP contribution in [0.25, 0.3) is 28.1 Å². The van der Waals surface area contributed by atoms with Crippen molar-refractivity contribution in [2.24, 2.45) is 5.73 Å². The molecule has 1 unspecified atom stereocenters. The molecule has 2 atom stereocenters. The topological polar surface area (TPSA) is 90.8 Å². The molecule has 11 heteroatoms. The molecule has 0 saturated carbocycles. The van der Waals surface area contributed by atoms with Gasteiger partial charge in [-0.3, -0.25) is 9.30 Å². The summed E-state index contributed by atoms with van der Waals surface area (Å²) < 4.78 is 55.3. The summed E-state index contributed by atoms with van der Waals surface area (Å²) in [5.74, 6) is 0.359. The van der Waals surface area contributed by atoms with Crippen LogP contribution < -0.4 is 5.73 Å². The zero-order valence-corrected chi connectivity index (χ0v) is 21.6. The van der Waals surface area contributed by atoms with Crippen molar-refractivity contribution < 1.29 is 22.6 Å². The second kappa shape index (κ2) is 10.2. The maximum absolute atomic E-state index is 14.2. The summed E-state index contributed by atoms with van der Waals surface area (Å²) in [5, 5.41) is 9.41. The van der Waals surface area contributed by atoms with Gasteiger partial charge in [-0.15, -0.1) is 10.2 Å². The third-order valence-corrected chi connectivity index (χ3v) is 7.20. The Labute approximate surface area is 218 Å². The molecular formula is C27H31F3N6O2. The van der Waals surface area contributed by atoms with E-state index in [9.17, 15) is 13.2 Å². The lowest BCUT2D eigenvalue weighted by molar-refractivity contribution is -0.183. The molecule has 5 rings (SSSR count). The first-order chi connectivity index (χ1) is 18.1. The largest absolute Gasteiger partial charge is 0.408 e. The SMILES string of the molecule is COCC(C)(COC)c1cccc2ccc(-c3nnc4ccc([C@@H](N5CCC(N)C5)C(F)(F)F)cn34)nc12. The van der Waals surface area contributed by atoms with Crippen LogP contribution in [0.5, 0.6) is 0 Å². The molecule has 0 aliphatic carbocycles. The van der Waals surface area contributed by atoms with Crippen molar-refractivity contribution in [1.29, 1.82) is 0 Å². The summed E-state index contributed by atoms with van der Waals surface area (Å²) >= 11 is 0. The third-order valence-electron chi connectivity index (χ3n) is 7.20. The molecule has 4 aromatic rings. The molecule has 38 heavy (non-hydrogen) atoms. The highest BCUT2D eigenvalue weighted by Crippen LogP contribution is 2.40. The Bertz CT molecular complexity index is 1430. The molecule has 3 aromatic heterocycles. The lowest BCUT2D eigenvalue weighted by Crippen LogP contribution is -2.38. The Hall–Kier alpha value is -3.12. The predicted octanol–water partition coefficient (Wildman–Crippen LogP) is 4.13. The molecule has 202 valence electrons. The van der Waals surface area contributed by atoms with E-state index >= 15 is 0 Å². The van der Waals surface area contributed by atoms with Gasteiger partial charge in [0, 0.05) is 50.3 Å². The number of halogens is 3. The number of benzene rings is 1.